The highest BCUT2D eigenvalue weighted by Crippen LogP contribution is 2.30. The van der Waals surface area contributed by atoms with Gasteiger partial charge in [0.1, 0.15) is 0 Å². The summed E-state index contributed by atoms with van der Waals surface area (Å²) < 4.78 is 42.8. The highest BCUT2D eigenvalue weighted by Gasteiger charge is 2.31. The van der Waals surface area contributed by atoms with Crippen LogP contribution in [0.25, 0.3) is 0 Å². The van der Waals surface area contributed by atoms with Gasteiger partial charge in [0, 0.05) is 0 Å². The third kappa shape index (κ3) is 4.82. The second kappa shape index (κ2) is 5.80. The molecule has 0 aromatic heterocycles. The number of carbonyl (C=O) groups is 1. The third-order valence-electron chi connectivity index (χ3n) is 2.38. The van der Waals surface area contributed by atoms with E-state index < -0.39 is 23.3 Å². The van der Waals surface area contributed by atoms with Crippen molar-refractivity contribution in [3.05, 3.63) is 34.9 Å². The van der Waals surface area contributed by atoms with E-state index in [-0.39, 0.29) is 24.3 Å². The molecule has 0 saturated heterocycles. The Morgan fingerprint density at radius 3 is 2.35 bits per heavy atom. The monoisotopic (exact) mass is 292 g/mol. The van der Waals surface area contributed by atoms with Gasteiger partial charge in [0.25, 0.3) is 0 Å². The fraction of sp³-hybridized carbons (Fsp3) is 0.462. The first-order chi connectivity index (χ1) is 9.00. The number of aromatic carboxylic acids is 1. The molecule has 20 heavy (non-hydrogen) atoms. The van der Waals surface area contributed by atoms with Crippen LogP contribution in [0.2, 0.25) is 0 Å². The van der Waals surface area contributed by atoms with Gasteiger partial charge in [0.05, 0.1) is 29.9 Å². The van der Waals surface area contributed by atoms with Crippen LogP contribution < -0.4 is 0 Å². The quantitative estimate of drug-likeness (QED) is 0.875. The second-order valence-electron chi connectivity index (χ2n) is 4.98. The summed E-state index contributed by atoms with van der Waals surface area (Å²) in [5.74, 6) is -1.33. The summed E-state index contributed by atoms with van der Waals surface area (Å²) in [6.07, 6.45) is -4.55. The molecule has 0 bridgehead atoms. The zero-order valence-corrected chi connectivity index (χ0v) is 11.0. The topological polar surface area (TPSA) is 66.8 Å². The predicted octanol–water partition coefficient (Wildman–Crippen LogP) is 2.69. The smallest absolute Gasteiger partial charge is 0.416 e. The maximum absolute atomic E-state index is 12.6. The molecule has 2 N–H and O–H groups in total. The Bertz CT molecular complexity index is 489. The van der Waals surface area contributed by atoms with E-state index in [4.69, 9.17) is 9.84 Å². The first-order valence-corrected chi connectivity index (χ1v) is 5.74. The summed E-state index contributed by atoms with van der Waals surface area (Å²) in [7, 11) is 0. The molecule has 0 amide bonds. The van der Waals surface area contributed by atoms with Crippen LogP contribution in [0.3, 0.4) is 0 Å². The molecule has 112 valence electrons. The number of ether oxygens (including phenoxy) is 1. The number of carboxylic acids is 1. The molecule has 1 aromatic carbocycles. The Hall–Kier alpha value is -1.60. The van der Waals surface area contributed by atoms with Crippen molar-refractivity contribution in [1.82, 2.24) is 0 Å². The van der Waals surface area contributed by atoms with E-state index in [1.54, 1.807) is 0 Å². The zero-order valence-electron chi connectivity index (χ0n) is 11.0. The summed E-state index contributed by atoms with van der Waals surface area (Å²) in [4.78, 5) is 11.0. The van der Waals surface area contributed by atoms with E-state index in [2.05, 4.69) is 0 Å². The predicted molar refractivity (Wildman–Crippen MR) is 64.4 cm³/mol. The van der Waals surface area contributed by atoms with Gasteiger partial charge in [0.15, 0.2) is 0 Å². The fourth-order valence-electron chi connectivity index (χ4n) is 1.51. The van der Waals surface area contributed by atoms with Gasteiger partial charge in [-0.15, -0.1) is 0 Å². The van der Waals surface area contributed by atoms with Crippen molar-refractivity contribution < 1.29 is 32.9 Å². The van der Waals surface area contributed by atoms with Crippen LogP contribution in [0.5, 0.6) is 0 Å². The molecule has 0 radical (unpaired) electrons. The van der Waals surface area contributed by atoms with Crippen molar-refractivity contribution >= 4 is 5.97 Å². The van der Waals surface area contributed by atoms with Crippen LogP contribution >= 0.6 is 0 Å². The molecular formula is C13H15F3O4. The Labute approximate surface area is 113 Å². The Balaban J connectivity index is 2.98. The number of alkyl halides is 3. The molecule has 0 atom stereocenters. The standard InChI is InChI=1S/C13H15F3O4/c1-12(2,19)7-20-6-8-5-9(13(14,15)16)3-4-10(8)11(17)18/h3-5,19H,6-7H2,1-2H3,(H,17,18). The van der Waals surface area contributed by atoms with E-state index >= 15 is 0 Å². The number of hydrogen-bond donors (Lipinski definition) is 2. The third-order valence-corrected chi connectivity index (χ3v) is 2.38. The van der Waals surface area contributed by atoms with Gasteiger partial charge in [0.2, 0.25) is 0 Å². The molecule has 0 saturated carbocycles. The maximum atomic E-state index is 12.6. The number of hydrogen-bond acceptors (Lipinski definition) is 3. The molecular weight excluding hydrogens is 277 g/mol. The summed E-state index contributed by atoms with van der Waals surface area (Å²) >= 11 is 0. The van der Waals surface area contributed by atoms with Gasteiger partial charge in [-0.05, 0) is 37.6 Å². The normalized spacial score (nSPS) is 12.5. The lowest BCUT2D eigenvalue weighted by molar-refractivity contribution is -0.137. The molecule has 0 heterocycles. The van der Waals surface area contributed by atoms with E-state index in [1.807, 2.05) is 0 Å². The van der Waals surface area contributed by atoms with Crippen LogP contribution in [0, 0.1) is 0 Å². The highest BCUT2D eigenvalue weighted by atomic mass is 19.4. The largest absolute Gasteiger partial charge is 0.478 e. The van der Waals surface area contributed by atoms with Gasteiger partial charge in [-0.25, -0.2) is 4.79 Å². The van der Waals surface area contributed by atoms with Gasteiger partial charge in [-0.1, -0.05) is 0 Å². The first kappa shape index (κ1) is 16.5. The van der Waals surface area contributed by atoms with E-state index in [1.165, 1.54) is 13.8 Å². The number of halogens is 3. The van der Waals surface area contributed by atoms with Crippen LogP contribution in [0.1, 0.15) is 35.3 Å². The van der Waals surface area contributed by atoms with Crippen molar-refractivity contribution in [1.29, 1.82) is 0 Å². The number of rotatable bonds is 5. The zero-order chi connectivity index (χ0) is 15.6. The molecule has 0 aliphatic rings. The molecule has 0 aliphatic carbocycles. The second-order valence-corrected chi connectivity index (χ2v) is 4.98. The lowest BCUT2D eigenvalue weighted by Gasteiger charge is -2.18. The average Bonchev–Trinajstić information content (AvgIpc) is 2.25. The molecule has 1 aromatic rings. The first-order valence-electron chi connectivity index (χ1n) is 5.74. The average molecular weight is 292 g/mol. The molecule has 0 aliphatic heterocycles. The fourth-order valence-corrected chi connectivity index (χ4v) is 1.51. The van der Waals surface area contributed by atoms with E-state index in [9.17, 15) is 23.1 Å². The van der Waals surface area contributed by atoms with Crippen molar-refractivity contribution in [3.63, 3.8) is 0 Å². The van der Waals surface area contributed by atoms with E-state index in [0.29, 0.717) is 6.07 Å². The van der Waals surface area contributed by atoms with Crippen molar-refractivity contribution in [2.24, 2.45) is 0 Å². The van der Waals surface area contributed by atoms with Crippen molar-refractivity contribution in [3.8, 4) is 0 Å². The summed E-state index contributed by atoms with van der Waals surface area (Å²) in [5, 5.41) is 18.4. The minimum atomic E-state index is -4.55. The Morgan fingerprint density at radius 2 is 1.90 bits per heavy atom. The lowest BCUT2D eigenvalue weighted by atomic mass is 10.0. The number of aliphatic hydroxyl groups is 1. The van der Waals surface area contributed by atoms with Crippen LogP contribution in [-0.4, -0.2) is 28.4 Å². The molecule has 0 fully saturated rings. The molecule has 4 nitrogen and oxygen atoms in total. The van der Waals surface area contributed by atoms with Gasteiger partial charge < -0.3 is 14.9 Å². The SMILES string of the molecule is CC(C)(O)COCc1cc(C(F)(F)F)ccc1C(=O)O. The Morgan fingerprint density at radius 1 is 1.30 bits per heavy atom. The Kier molecular flexibility index (Phi) is 4.77. The molecule has 0 unspecified atom stereocenters. The van der Waals surface area contributed by atoms with Crippen LogP contribution in [-0.2, 0) is 17.5 Å². The maximum Gasteiger partial charge on any atom is 0.416 e. The number of carboxylic acid groups (broad SMARTS) is 1. The number of benzene rings is 1. The summed E-state index contributed by atoms with van der Waals surface area (Å²) in [5.41, 5.74) is -2.43. The lowest BCUT2D eigenvalue weighted by Crippen LogP contribution is -2.26. The summed E-state index contributed by atoms with van der Waals surface area (Å²) in [6, 6.07) is 2.35. The van der Waals surface area contributed by atoms with Gasteiger partial charge in [-0.2, -0.15) is 13.2 Å². The highest BCUT2D eigenvalue weighted by molar-refractivity contribution is 5.89. The van der Waals surface area contributed by atoms with Crippen LogP contribution in [0.15, 0.2) is 18.2 Å². The molecule has 7 heteroatoms. The molecule has 0 spiro atoms. The summed E-state index contributed by atoms with van der Waals surface area (Å²) in [6.45, 7) is 2.49. The van der Waals surface area contributed by atoms with E-state index in [0.717, 1.165) is 12.1 Å². The van der Waals surface area contributed by atoms with Gasteiger partial charge in [-0.3, -0.25) is 0 Å². The molecule has 1 rings (SSSR count). The van der Waals surface area contributed by atoms with Crippen molar-refractivity contribution in [2.45, 2.75) is 32.2 Å². The van der Waals surface area contributed by atoms with Crippen molar-refractivity contribution in [2.75, 3.05) is 6.61 Å². The minimum Gasteiger partial charge on any atom is -0.478 e. The minimum absolute atomic E-state index is 0.0865. The van der Waals surface area contributed by atoms with Crippen LogP contribution in [0.4, 0.5) is 13.2 Å². The van der Waals surface area contributed by atoms with Gasteiger partial charge >= 0.3 is 12.1 Å².